The van der Waals surface area contributed by atoms with Crippen molar-refractivity contribution in [1.29, 1.82) is 0 Å². The van der Waals surface area contributed by atoms with Gasteiger partial charge in [-0.05, 0) is 96.8 Å². The van der Waals surface area contributed by atoms with Crippen LogP contribution in [0.4, 0.5) is 0 Å². The van der Waals surface area contributed by atoms with Crippen LogP contribution in [0.5, 0.6) is 0 Å². The Morgan fingerprint density at radius 1 is 0.344 bits per heavy atom. The zero-order valence-electron chi connectivity index (χ0n) is 33.7. The van der Waals surface area contributed by atoms with E-state index >= 15 is 0 Å². The first-order valence-electron chi connectivity index (χ1n) is 21.3. The van der Waals surface area contributed by atoms with Crippen molar-refractivity contribution >= 4 is 32.6 Å². The minimum Gasteiger partial charge on any atom is -0.309 e. The summed E-state index contributed by atoms with van der Waals surface area (Å²) in [5, 5.41) is 5.03. The highest BCUT2D eigenvalue weighted by molar-refractivity contribution is 6.18. The zero-order valence-corrected chi connectivity index (χ0v) is 33.7. The molecule has 10 aromatic carbocycles. The van der Waals surface area contributed by atoms with Crippen LogP contribution in [0.15, 0.2) is 237 Å². The molecule has 1 heterocycles. The molecule has 1 atom stereocenters. The Balaban J connectivity index is 1.06. The smallest absolute Gasteiger partial charge is 0.0719 e. The maximum absolute atomic E-state index is 2.51. The Bertz CT molecular complexity index is 3430. The van der Waals surface area contributed by atoms with Gasteiger partial charge in [0, 0.05) is 21.8 Å². The molecule has 0 aliphatic heterocycles. The predicted molar refractivity (Wildman–Crippen MR) is 256 cm³/mol. The molecule has 0 amide bonds. The molecule has 1 aromatic heterocycles. The molecule has 0 saturated carbocycles. The third-order valence-electron chi connectivity index (χ3n) is 13.1. The minimum atomic E-state index is -0.517. The fourth-order valence-electron chi connectivity index (χ4n) is 10.5. The molecule has 0 N–H and O–H groups in total. The third kappa shape index (κ3) is 5.55. The fraction of sp³-hybridized carbons (Fsp3) is 0.0333. The van der Waals surface area contributed by atoms with Gasteiger partial charge in [0.05, 0.1) is 16.4 Å². The summed E-state index contributed by atoms with van der Waals surface area (Å²) < 4.78 is 2.50. The molecule has 0 spiro atoms. The molecule has 11 aromatic rings. The summed E-state index contributed by atoms with van der Waals surface area (Å²) in [5.41, 5.74) is 18.4. The lowest BCUT2D eigenvalue weighted by molar-refractivity contribution is 0.769. The van der Waals surface area contributed by atoms with E-state index in [0.717, 1.165) is 12.1 Å². The number of hydrogen-bond acceptors (Lipinski definition) is 0. The number of rotatable bonds is 7. The van der Waals surface area contributed by atoms with Crippen LogP contribution in [0.3, 0.4) is 0 Å². The Hall–Kier alpha value is -7.74. The van der Waals surface area contributed by atoms with E-state index in [-0.39, 0.29) is 0 Å². The van der Waals surface area contributed by atoms with Gasteiger partial charge in [-0.2, -0.15) is 0 Å². The molecule has 0 saturated heterocycles. The minimum absolute atomic E-state index is 0.517. The lowest BCUT2D eigenvalue weighted by Gasteiger charge is -2.35. The lowest BCUT2D eigenvalue weighted by atomic mass is 9.65. The first-order chi connectivity index (χ1) is 30.3. The van der Waals surface area contributed by atoms with Gasteiger partial charge in [-0.1, -0.05) is 218 Å². The predicted octanol–water partition coefficient (Wildman–Crippen LogP) is 15.2. The van der Waals surface area contributed by atoms with Gasteiger partial charge in [-0.15, -0.1) is 0 Å². The van der Waals surface area contributed by atoms with Crippen LogP contribution >= 0.6 is 0 Å². The van der Waals surface area contributed by atoms with Crippen molar-refractivity contribution in [1.82, 2.24) is 4.57 Å². The second-order valence-electron chi connectivity index (χ2n) is 16.4. The molecule has 0 bridgehead atoms. The highest BCUT2D eigenvalue weighted by Crippen LogP contribution is 2.58. The van der Waals surface area contributed by atoms with E-state index in [0.29, 0.717) is 0 Å². The number of nitrogens with zero attached hydrogens (tertiary/aromatic N) is 1. The Labute approximate surface area is 356 Å². The summed E-state index contributed by atoms with van der Waals surface area (Å²) in [6.45, 7) is 0. The van der Waals surface area contributed by atoms with Crippen molar-refractivity contribution < 1.29 is 0 Å². The summed E-state index contributed by atoms with van der Waals surface area (Å²) in [6.07, 6.45) is 0.803. The van der Waals surface area contributed by atoms with Crippen LogP contribution in [0.25, 0.3) is 71.6 Å². The van der Waals surface area contributed by atoms with E-state index in [4.69, 9.17) is 0 Å². The average molecular weight is 776 g/mol. The van der Waals surface area contributed by atoms with E-state index in [9.17, 15) is 0 Å². The highest BCUT2D eigenvalue weighted by atomic mass is 15.0. The number of fused-ring (bicyclic) bond motifs is 8. The van der Waals surface area contributed by atoms with Crippen LogP contribution in [0, 0.1) is 0 Å². The van der Waals surface area contributed by atoms with Gasteiger partial charge in [0.1, 0.15) is 0 Å². The maximum Gasteiger partial charge on any atom is 0.0719 e. The Morgan fingerprint density at radius 3 is 1.74 bits per heavy atom. The van der Waals surface area contributed by atoms with Gasteiger partial charge in [-0.25, -0.2) is 0 Å². The van der Waals surface area contributed by atoms with Crippen molar-refractivity contribution in [2.24, 2.45) is 0 Å². The molecule has 12 rings (SSSR count). The fourth-order valence-corrected chi connectivity index (χ4v) is 10.5. The lowest BCUT2D eigenvalue weighted by Crippen LogP contribution is -2.29. The second kappa shape index (κ2) is 14.2. The van der Waals surface area contributed by atoms with E-state index in [1.165, 1.54) is 99.3 Å². The number of benzene rings is 10. The molecular formula is C60H41N. The van der Waals surface area contributed by atoms with Crippen molar-refractivity contribution in [3.63, 3.8) is 0 Å². The van der Waals surface area contributed by atoms with Gasteiger partial charge in [0.25, 0.3) is 0 Å². The quantitative estimate of drug-likeness (QED) is 0.152. The number of aromatic nitrogens is 1. The SMILES string of the molecule is c1ccc(-c2cccc(-n3c4cc(Cc5ccc6c(c5)C(c5ccccc5)(c5ccccc5-c5ccccc5)c5ccccc5-6)ccc4c4ccc5ccccc5c43)c2)cc1. The monoisotopic (exact) mass is 775 g/mol. The molecule has 1 nitrogen and oxygen atoms in total. The third-order valence-corrected chi connectivity index (χ3v) is 13.1. The van der Waals surface area contributed by atoms with E-state index in [2.05, 4.69) is 241 Å². The molecule has 1 aliphatic carbocycles. The van der Waals surface area contributed by atoms with Crippen LogP contribution in [-0.2, 0) is 11.8 Å². The van der Waals surface area contributed by atoms with Crippen molar-refractivity contribution in [3.8, 4) is 39.1 Å². The molecule has 1 unspecified atom stereocenters. The largest absolute Gasteiger partial charge is 0.309 e. The second-order valence-corrected chi connectivity index (χ2v) is 16.4. The molecule has 61 heavy (non-hydrogen) atoms. The van der Waals surface area contributed by atoms with Crippen LogP contribution in [0.1, 0.15) is 33.4 Å². The average Bonchev–Trinajstić information content (AvgIpc) is 3.83. The van der Waals surface area contributed by atoms with E-state index in [1.54, 1.807) is 0 Å². The van der Waals surface area contributed by atoms with Gasteiger partial charge < -0.3 is 4.57 Å². The summed E-state index contributed by atoms with van der Waals surface area (Å²) in [6, 6.07) is 87.7. The Morgan fingerprint density at radius 2 is 0.934 bits per heavy atom. The normalized spacial score (nSPS) is 14.4. The first kappa shape index (κ1) is 35.2. The van der Waals surface area contributed by atoms with E-state index < -0.39 is 5.41 Å². The maximum atomic E-state index is 2.51. The summed E-state index contributed by atoms with van der Waals surface area (Å²) >= 11 is 0. The van der Waals surface area contributed by atoms with Gasteiger partial charge in [0.2, 0.25) is 0 Å². The Kier molecular flexibility index (Phi) is 8.21. The van der Waals surface area contributed by atoms with E-state index in [1.807, 2.05) is 0 Å². The first-order valence-corrected chi connectivity index (χ1v) is 21.3. The van der Waals surface area contributed by atoms with Crippen LogP contribution < -0.4 is 0 Å². The number of hydrogen-bond donors (Lipinski definition) is 0. The summed E-state index contributed by atoms with van der Waals surface area (Å²) in [4.78, 5) is 0. The molecular weight excluding hydrogens is 735 g/mol. The molecule has 1 heteroatoms. The van der Waals surface area contributed by atoms with Crippen molar-refractivity contribution in [3.05, 3.63) is 270 Å². The molecule has 1 aliphatic rings. The van der Waals surface area contributed by atoms with Gasteiger partial charge >= 0.3 is 0 Å². The topological polar surface area (TPSA) is 4.93 Å². The van der Waals surface area contributed by atoms with Gasteiger partial charge in [0.15, 0.2) is 0 Å². The molecule has 0 radical (unpaired) electrons. The molecule has 0 fully saturated rings. The van der Waals surface area contributed by atoms with Crippen LogP contribution in [0.2, 0.25) is 0 Å². The zero-order chi connectivity index (χ0) is 40.3. The summed E-state index contributed by atoms with van der Waals surface area (Å²) in [7, 11) is 0. The summed E-state index contributed by atoms with van der Waals surface area (Å²) in [5.74, 6) is 0. The van der Waals surface area contributed by atoms with Crippen LogP contribution in [-0.4, -0.2) is 4.57 Å². The van der Waals surface area contributed by atoms with Crippen molar-refractivity contribution in [2.75, 3.05) is 0 Å². The standard InChI is InChI=1S/C60H41N/c1-4-17-43(18-5-1)46-22-16-25-48(40-46)61-58-39-42(32-35-53(58)54-36-33-45-21-10-11-27-50(45)59(54)61)37-41-31-34-52-51-28-13-15-30-56(51)60(57(52)38-41,47-23-8-3-9-24-47)55-29-14-12-26-49(55)44-19-6-2-7-20-44/h1-36,38-40H,37H2. The van der Waals surface area contributed by atoms with Gasteiger partial charge in [-0.3, -0.25) is 0 Å². The highest BCUT2D eigenvalue weighted by Gasteiger charge is 2.47. The molecule has 286 valence electrons. The van der Waals surface area contributed by atoms with Crippen molar-refractivity contribution in [2.45, 2.75) is 11.8 Å².